The number of aliphatic hydroxyl groups is 1. The standard InChI is InChI=1S/C13H17N3O5S2/c14-4-5-16(12-8-22(18,19)9-13(12)17)23(20,21)11-3-1-2-10(6-11)7-15/h1-3,6,12-13,17H,4-5,8-9,14H2/t12-,13-/m0/s1. The van der Waals surface area contributed by atoms with Crippen LogP contribution in [0, 0.1) is 11.3 Å². The fraction of sp³-hybridized carbons (Fsp3) is 0.462. The molecule has 2 atom stereocenters. The molecule has 2 rings (SSSR count). The van der Waals surface area contributed by atoms with Gasteiger partial charge in [0.2, 0.25) is 10.0 Å². The van der Waals surface area contributed by atoms with Gasteiger partial charge in [0, 0.05) is 13.1 Å². The van der Waals surface area contributed by atoms with Gasteiger partial charge >= 0.3 is 0 Å². The predicted molar refractivity (Wildman–Crippen MR) is 82.6 cm³/mol. The highest BCUT2D eigenvalue weighted by Gasteiger charge is 2.44. The first kappa shape index (κ1) is 17.8. The number of rotatable bonds is 5. The van der Waals surface area contributed by atoms with E-state index in [0.29, 0.717) is 0 Å². The van der Waals surface area contributed by atoms with Crippen LogP contribution < -0.4 is 5.73 Å². The van der Waals surface area contributed by atoms with E-state index in [1.807, 2.05) is 6.07 Å². The zero-order valence-corrected chi connectivity index (χ0v) is 13.8. The number of benzene rings is 1. The van der Waals surface area contributed by atoms with Gasteiger partial charge in [0.25, 0.3) is 0 Å². The van der Waals surface area contributed by atoms with Crippen molar-refractivity contribution in [2.24, 2.45) is 5.73 Å². The summed E-state index contributed by atoms with van der Waals surface area (Å²) in [6.07, 6.45) is -1.31. The van der Waals surface area contributed by atoms with Crippen LogP contribution in [0.2, 0.25) is 0 Å². The molecule has 0 amide bonds. The van der Waals surface area contributed by atoms with E-state index >= 15 is 0 Å². The molecule has 0 aromatic heterocycles. The fourth-order valence-corrected chi connectivity index (χ4v) is 6.15. The first-order valence-corrected chi connectivity index (χ1v) is 10.1. The van der Waals surface area contributed by atoms with Crippen LogP contribution in [0.4, 0.5) is 0 Å². The van der Waals surface area contributed by atoms with Crippen LogP contribution in [-0.4, -0.2) is 63.0 Å². The third-order valence-corrected chi connectivity index (χ3v) is 7.20. The molecule has 0 aliphatic carbocycles. The Bertz CT molecular complexity index is 829. The minimum atomic E-state index is -4.08. The second-order valence-corrected chi connectivity index (χ2v) is 9.30. The average Bonchev–Trinajstić information content (AvgIpc) is 2.77. The second kappa shape index (κ2) is 6.54. The van der Waals surface area contributed by atoms with Crippen molar-refractivity contribution in [2.45, 2.75) is 17.0 Å². The van der Waals surface area contributed by atoms with Crippen molar-refractivity contribution in [1.29, 1.82) is 5.26 Å². The highest BCUT2D eigenvalue weighted by atomic mass is 32.2. The van der Waals surface area contributed by atoms with Gasteiger partial charge in [-0.3, -0.25) is 0 Å². The van der Waals surface area contributed by atoms with E-state index in [1.165, 1.54) is 24.3 Å². The van der Waals surface area contributed by atoms with E-state index < -0.39 is 43.5 Å². The molecule has 1 heterocycles. The topological polar surface area (TPSA) is 142 Å². The minimum Gasteiger partial charge on any atom is -0.390 e. The quantitative estimate of drug-likeness (QED) is 0.663. The average molecular weight is 359 g/mol. The highest BCUT2D eigenvalue weighted by molar-refractivity contribution is 7.92. The summed E-state index contributed by atoms with van der Waals surface area (Å²) in [4.78, 5) is -0.138. The van der Waals surface area contributed by atoms with Crippen LogP contribution >= 0.6 is 0 Å². The number of aliphatic hydroxyl groups excluding tert-OH is 1. The van der Waals surface area contributed by atoms with Gasteiger partial charge in [-0.1, -0.05) is 6.07 Å². The van der Waals surface area contributed by atoms with Gasteiger partial charge < -0.3 is 10.8 Å². The Morgan fingerprint density at radius 2 is 2.09 bits per heavy atom. The van der Waals surface area contributed by atoms with E-state index in [0.717, 1.165) is 4.31 Å². The first-order valence-electron chi connectivity index (χ1n) is 6.82. The van der Waals surface area contributed by atoms with Crippen LogP contribution in [0.25, 0.3) is 0 Å². The van der Waals surface area contributed by atoms with Crippen molar-refractivity contribution in [1.82, 2.24) is 4.31 Å². The molecule has 23 heavy (non-hydrogen) atoms. The SMILES string of the molecule is N#Cc1cccc(S(=O)(=O)N(CCN)[C@H]2CS(=O)(=O)C[C@@H]2O)c1. The van der Waals surface area contributed by atoms with Gasteiger partial charge in [0.05, 0.1) is 40.2 Å². The summed E-state index contributed by atoms with van der Waals surface area (Å²) in [5, 5.41) is 18.8. The van der Waals surface area contributed by atoms with Crippen LogP contribution in [0.15, 0.2) is 29.2 Å². The van der Waals surface area contributed by atoms with Crippen molar-refractivity contribution in [3.63, 3.8) is 0 Å². The van der Waals surface area contributed by atoms with Gasteiger partial charge in [0.15, 0.2) is 9.84 Å². The van der Waals surface area contributed by atoms with Crippen LogP contribution in [0.1, 0.15) is 5.56 Å². The zero-order chi connectivity index (χ0) is 17.3. The molecule has 3 N–H and O–H groups in total. The molecular weight excluding hydrogens is 342 g/mol. The number of hydrogen-bond acceptors (Lipinski definition) is 7. The number of sulfonamides is 1. The van der Waals surface area contributed by atoms with E-state index in [-0.39, 0.29) is 23.5 Å². The van der Waals surface area contributed by atoms with Crippen molar-refractivity contribution >= 4 is 19.9 Å². The Morgan fingerprint density at radius 3 is 2.61 bits per heavy atom. The van der Waals surface area contributed by atoms with Gasteiger partial charge in [0.1, 0.15) is 0 Å². The number of hydrogen-bond donors (Lipinski definition) is 2. The third kappa shape index (κ3) is 3.70. The molecule has 0 bridgehead atoms. The normalized spacial score (nSPS) is 23.7. The molecular formula is C13H17N3O5S2. The fourth-order valence-electron chi connectivity index (χ4n) is 2.54. The molecule has 1 aliphatic heterocycles. The number of sulfone groups is 1. The largest absolute Gasteiger partial charge is 0.390 e. The maximum absolute atomic E-state index is 12.8. The van der Waals surface area contributed by atoms with E-state index in [2.05, 4.69) is 0 Å². The second-order valence-electron chi connectivity index (χ2n) is 5.26. The Kier molecular flexibility index (Phi) is 5.07. The highest BCUT2D eigenvalue weighted by Crippen LogP contribution is 2.25. The van der Waals surface area contributed by atoms with E-state index in [1.54, 1.807) is 0 Å². The Balaban J connectivity index is 2.46. The summed E-state index contributed by atoms with van der Waals surface area (Å²) < 4.78 is 49.8. The van der Waals surface area contributed by atoms with Gasteiger partial charge in [-0.05, 0) is 18.2 Å². The Morgan fingerprint density at radius 1 is 1.39 bits per heavy atom. The molecule has 10 heteroatoms. The summed E-state index contributed by atoms with van der Waals surface area (Å²) in [5.74, 6) is -0.933. The van der Waals surface area contributed by atoms with Crippen molar-refractivity contribution < 1.29 is 21.9 Å². The van der Waals surface area contributed by atoms with Crippen molar-refractivity contribution in [2.75, 3.05) is 24.6 Å². The molecule has 1 aromatic rings. The van der Waals surface area contributed by atoms with Crippen LogP contribution in [0.5, 0.6) is 0 Å². The molecule has 0 radical (unpaired) electrons. The smallest absolute Gasteiger partial charge is 0.243 e. The maximum Gasteiger partial charge on any atom is 0.243 e. The molecule has 1 saturated heterocycles. The minimum absolute atomic E-state index is 0.0273. The molecule has 1 aliphatic rings. The van der Waals surface area contributed by atoms with Crippen LogP contribution in [0.3, 0.4) is 0 Å². The zero-order valence-electron chi connectivity index (χ0n) is 12.2. The van der Waals surface area contributed by atoms with E-state index in [4.69, 9.17) is 11.0 Å². The predicted octanol–water partition coefficient (Wildman–Crippen LogP) is -1.33. The lowest BCUT2D eigenvalue weighted by Gasteiger charge is -2.28. The summed E-state index contributed by atoms with van der Waals surface area (Å²) in [6.45, 7) is -0.156. The third-order valence-electron chi connectivity index (χ3n) is 3.58. The first-order chi connectivity index (χ1) is 10.7. The number of nitrogens with zero attached hydrogens (tertiary/aromatic N) is 2. The summed E-state index contributed by atoms with van der Waals surface area (Å²) in [6, 6.07) is 6.17. The van der Waals surface area contributed by atoms with Crippen molar-refractivity contribution in [3.05, 3.63) is 29.8 Å². The summed E-state index contributed by atoms with van der Waals surface area (Å²) in [5.41, 5.74) is 5.62. The molecule has 0 spiro atoms. The van der Waals surface area contributed by atoms with Gasteiger partial charge in [-0.2, -0.15) is 9.57 Å². The Labute approximate surface area is 135 Å². The lowest BCUT2D eigenvalue weighted by Crippen LogP contribution is -2.48. The van der Waals surface area contributed by atoms with Gasteiger partial charge in [-0.25, -0.2) is 16.8 Å². The molecule has 1 fully saturated rings. The van der Waals surface area contributed by atoms with E-state index in [9.17, 15) is 21.9 Å². The molecule has 1 aromatic carbocycles. The molecule has 0 unspecified atom stereocenters. The molecule has 126 valence electrons. The summed E-state index contributed by atoms with van der Waals surface area (Å²) >= 11 is 0. The van der Waals surface area contributed by atoms with Crippen LogP contribution in [-0.2, 0) is 19.9 Å². The summed E-state index contributed by atoms with van der Waals surface area (Å²) in [7, 11) is -7.60. The number of nitrogens with two attached hydrogens (primary N) is 1. The lowest BCUT2D eigenvalue weighted by atomic mass is 10.2. The molecule has 8 nitrogen and oxygen atoms in total. The number of nitriles is 1. The lowest BCUT2D eigenvalue weighted by molar-refractivity contribution is 0.129. The molecule has 0 saturated carbocycles. The maximum atomic E-state index is 12.8. The monoisotopic (exact) mass is 359 g/mol. The Hall–Kier alpha value is -1.51. The van der Waals surface area contributed by atoms with Gasteiger partial charge in [-0.15, -0.1) is 0 Å². The van der Waals surface area contributed by atoms with Crippen molar-refractivity contribution in [3.8, 4) is 6.07 Å².